The van der Waals surface area contributed by atoms with Crippen LogP contribution < -0.4 is 5.32 Å². The maximum Gasteiger partial charge on any atom is 0.274 e. The van der Waals surface area contributed by atoms with Gasteiger partial charge in [0, 0.05) is 36.8 Å². The standard InChI is InChI=1S/C24H26N4O.2ClH/c1-15-8-6-7-11-19(15)22-20-13-25-12-18(20)14-28(22)24(29)21-16(2)26-23(27-21)17-9-4-3-5-10-17;;/h3-11,18,20,22,25H,12-14H2,1-2H3,(H,26,27);2*1H/t18-,20-,22+;;/m0../s1. The third kappa shape index (κ3) is 4.10. The van der Waals surface area contributed by atoms with Gasteiger partial charge in [0.15, 0.2) is 0 Å². The lowest BCUT2D eigenvalue weighted by molar-refractivity contribution is 0.0707. The molecule has 164 valence electrons. The lowest BCUT2D eigenvalue weighted by Crippen LogP contribution is -2.35. The maximum atomic E-state index is 13.7. The first-order valence-corrected chi connectivity index (χ1v) is 10.3. The molecule has 1 aromatic heterocycles. The molecule has 2 N–H and O–H groups in total. The summed E-state index contributed by atoms with van der Waals surface area (Å²) >= 11 is 0. The monoisotopic (exact) mass is 458 g/mol. The lowest BCUT2D eigenvalue weighted by atomic mass is 9.87. The summed E-state index contributed by atoms with van der Waals surface area (Å²) in [5.74, 6) is 1.73. The Bertz CT molecular complexity index is 1050. The second-order valence-corrected chi connectivity index (χ2v) is 8.27. The number of amides is 1. The van der Waals surface area contributed by atoms with Crippen molar-refractivity contribution in [3.05, 3.63) is 77.1 Å². The van der Waals surface area contributed by atoms with Crippen LogP contribution in [0.2, 0.25) is 0 Å². The number of hydrogen-bond acceptors (Lipinski definition) is 3. The van der Waals surface area contributed by atoms with Gasteiger partial charge in [0.25, 0.3) is 5.91 Å². The van der Waals surface area contributed by atoms with Gasteiger partial charge in [0.1, 0.15) is 11.5 Å². The van der Waals surface area contributed by atoms with Gasteiger partial charge in [0.05, 0.1) is 6.04 Å². The van der Waals surface area contributed by atoms with Crippen LogP contribution in [0.5, 0.6) is 0 Å². The van der Waals surface area contributed by atoms with Crippen molar-refractivity contribution < 1.29 is 4.79 Å². The number of fused-ring (bicyclic) bond motifs is 1. The predicted octanol–water partition coefficient (Wildman–Crippen LogP) is 4.57. The highest BCUT2D eigenvalue weighted by atomic mass is 35.5. The van der Waals surface area contributed by atoms with Crippen LogP contribution in [0.4, 0.5) is 0 Å². The summed E-state index contributed by atoms with van der Waals surface area (Å²) in [7, 11) is 0. The van der Waals surface area contributed by atoms with Gasteiger partial charge in [-0.25, -0.2) is 4.98 Å². The predicted molar refractivity (Wildman–Crippen MR) is 128 cm³/mol. The van der Waals surface area contributed by atoms with Crippen molar-refractivity contribution in [2.75, 3.05) is 19.6 Å². The molecule has 0 unspecified atom stereocenters. The highest BCUT2D eigenvalue weighted by Gasteiger charge is 2.47. The fraction of sp³-hybridized carbons (Fsp3) is 0.333. The Morgan fingerprint density at radius 2 is 1.71 bits per heavy atom. The zero-order chi connectivity index (χ0) is 20.0. The molecule has 0 spiro atoms. The summed E-state index contributed by atoms with van der Waals surface area (Å²) < 4.78 is 0. The first-order valence-electron chi connectivity index (χ1n) is 10.3. The van der Waals surface area contributed by atoms with Gasteiger partial charge in [-0.3, -0.25) is 4.79 Å². The molecular weight excluding hydrogens is 431 g/mol. The number of imidazole rings is 1. The van der Waals surface area contributed by atoms with Gasteiger partial charge in [-0.2, -0.15) is 0 Å². The molecule has 0 aliphatic carbocycles. The summed E-state index contributed by atoms with van der Waals surface area (Å²) in [5.41, 5.74) is 4.86. The van der Waals surface area contributed by atoms with E-state index in [-0.39, 0.29) is 36.8 Å². The quantitative estimate of drug-likeness (QED) is 0.603. The number of rotatable bonds is 3. The Kier molecular flexibility index (Phi) is 7.10. The minimum absolute atomic E-state index is 0. The van der Waals surface area contributed by atoms with E-state index in [1.807, 2.05) is 37.3 Å². The highest BCUT2D eigenvalue weighted by Crippen LogP contribution is 2.44. The first-order chi connectivity index (χ1) is 14.1. The number of H-pyrrole nitrogens is 1. The molecule has 5 rings (SSSR count). The topological polar surface area (TPSA) is 61.0 Å². The number of benzene rings is 2. The van der Waals surface area contributed by atoms with Crippen molar-refractivity contribution in [1.29, 1.82) is 0 Å². The summed E-state index contributed by atoms with van der Waals surface area (Å²) in [6.07, 6.45) is 0. The van der Waals surface area contributed by atoms with Gasteiger partial charge in [0.2, 0.25) is 0 Å². The Morgan fingerprint density at radius 3 is 2.45 bits per heavy atom. The Balaban J connectivity index is 0.00000136. The molecule has 2 aromatic carbocycles. The lowest BCUT2D eigenvalue weighted by Gasteiger charge is -2.29. The Labute approximate surface area is 195 Å². The minimum atomic E-state index is 0. The van der Waals surface area contributed by atoms with Crippen LogP contribution in [0.1, 0.15) is 33.4 Å². The third-order valence-electron chi connectivity index (χ3n) is 6.47. The maximum absolute atomic E-state index is 13.7. The van der Waals surface area contributed by atoms with Crippen molar-refractivity contribution in [3.63, 3.8) is 0 Å². The zero-order valence-corrected chi connectivity index (χ0v) is 19.3. The van der Waals surface area contributed by atoms with E-state index in [1.165, 1.54) is 11.1 Å². The highest BCUT2D eigenvalue weighted by molar-refractivity contribution is 5.94. The van der Waals surface area contributed by atoms with Gasteiger partial charge in [-0.1, -0.05) is 54.6 Å². The van der Waals surface area contributed by atoms with Crippen molar-refractivity contribution in [2.24, 2.45) is 11.8 Å². The number of nitrogens with zero attached hydrogens (tertiary/aromatic N) is 2. The summed E-state index contributed by atoms with van der Waals surface area (Å²) in [6.45, 7) is 6.80. The average Bonchev–Trinajstić information content (AvgIpc) is 3.43. The second-order valence-electron chi connectivity index (χ2n) is 8.27. The smallest absolute Gasteiger partial charge is 0.274 e. The van der Waals surface area contributed by atoms with E-state index in [2.05, 4.69) is 46.4 Å². The van der Waals surface area contributed by atoms with Crippen molar-refractivity contribution >= 4 is 30.7 Å². The molecule has 3 heterocycles. The Hall–Kier alpha value is -2.34. The summed E-state index contributed by atoms with van der Waals surface area (Å²) in [6, 6.07) is 18.5. The number of aromatic amines is 1. The molecule has 2 saturated heterocycles. The second kappa shape index (κ2) is 9.43. The molecular formula is C24H28Cl2N4O. The summed E-state index contributed by atoms with van der Waals surface area (Å²) in [4.78, 5) is 23.7. The largest absolute Gasteiger partial charge is 0.341 e. The molecule has 31 heavy (non-hydrogen) atoms. The molecule has 2 aliphatic heterocycles. The van der Waals surface area contributed by atoms with Gasteiger partial charge in [-0.15, -0.1) is 24.8 Å². The normalized spacial score (nSPS) is 21.9. The summed E-state index contributed by atoms with van der Waals surface area (Å²) in [5, 5.41) is 3.52. The fourth-order valence-corrected chi connectivity index (χ4v) is 4.98. The number of hydrogen-bond donors (Lipinski definition) is 2. The third-order valence-corrected chi connectivity index (χ3v) is 6.47. The number of carbonyl (C=O) groups excluding carboxylic acids is 1. The molecule has 3 aromatic rings. The van der Waals surface area contributed by atoms with Gasteiger partial charge >= 0.3 is 0 Å². The molecule has 3 atom stereocenters. The van der Waals surface area contributed by atoms with E-state index in [0.717, 1.165) is 36.7 Å². The number of halogens is 2. The van der Waals surface area contributed by atoms with Crippen LogP contribution in [0.3, 0.4) is 0 Å². The first kappa shape index (κ1) is 23.3. The van der Waals surface area contributed by atoms with Crippen LogP contribution in [0, 0.1) is 25.7 Å². The fourth-order valence-electron chi connectivity index (χ4n) is 4.98. The van der Waals surface area contributed by atoms with E-state index in [1.54, 1.807) is 0 Å². The van der Waals surface area contributed by atoms with E-state index < -0.39 is 0 Å². The number of nitrogens with one attached hydrogen (secondary N) is 2. The van der Waals surface area contributed by atoms with Crippen molar-refractivity contribution in [2.45, 2.75) is 19.9 Å². The molecule has 7 heteroatoms. The van der Waals surface area contributed by atoms with Gasteiger partial charge in [-0.05, 0) is 30.9 Å². The molecule has 0 radical (unpaired) electrons. The number of aryl methyl sites for hydroxylation is 2. The molecule has 2 aliphatic rings. The number of aromatic nitrogens is 2. The Morgan fingerprint density at radius 1 is 1.00 bits per heavy atom. The van der Waals surface area contributed by atoms with Crippen molar-refractivity contribution in [1.82, 2.24) is 20.2 Å². The van der Waals surface area contributed by atoms with Gasteiger partial charge < -0.3 is 15.2 Å². The van der Waals surface area contributed by atoms with Crippen LogP contribution in [0.15, 0.2) is 54.6 Å². The van der Waals surface area contributed by atoms with E-state index in [0.29, 0.717) is 17.5 Å². The van der Waals surface area contributed by atoms with E-state index in [9.17, 15) is 4.79 Å². The molecule has 1 amide bonds. The minimum Gasteiger partial charge on any atom is -0.341 e. The average molecular weight is 459 g/mol. The van der Waals surface area contributed by atoms with Crippen molar-refractivity contribution in [3.8, 4) is 11.4 Å². The van der Waals surface area contributed by atoms with Crippen LogP contribution in [-0.4, -0.2) is 40.4 Å². The number of carbonyl (C=O) groups is 1. The SMILES string of the molecule is Cc1ccccc1[C@@H]1[C@H]2CNC[C@H]2CN1C(=O)c1nc(-c2ccccc2)[nH]c1C.Cl.Cl. The molecule has 2 fully saturated rings. The molecule has 5 nitrogen and oxygen atoms in total. The molecule has 0 bridgehead atoms. The van der Waals surface area contributed by atoms with Crippen LogP contribution in [0.25, 0.3) is 11.4 Å². The van der Waals surface area contributed by atoms with Crippen LogP contribution in [-0.2, 0) is 0 Å². The van der Waals surface area contributed by atoms with E-state index in [4.69, 9.17) is 4.98 Å². The van der Waals surface area contributed by atoms with E-state index >= 15 is 0 Å². The zero-order valence-electron chi connectivity index (χ0n) is 17.7. The molecule has 0 saturated carbocycles. The van der Waals surface area contributed by atoms with Crippen LogP contribution >= 0.6 is 24.8 Å². The number of likely N-dealkylation sites (tertiary alicyclic amines) is 1.